The molecule has 0 saturated carbocycles. The number of rotatable bonds is 7. The van der Waals surface area contributed by atoms with Crippen molar-refractivity contribution in [1.29, 1.82) is 0 Å². The van der Waals surface area contributed by atoms with Gasteiger partial charge in [0.25, 0.3) is 0 Å². The SMILES string of the molecule is CCC(C)N(CC(=O)O)C(=O)C(CN)CC(C)(C)C. The maximum atomic E-state index is 12.5. The Hall–Kier alpha value is -1.10. The van der Waals surface area contributed by atoms with Crippen LogP contribution in [-0.4, -0.2) is 41.0 Å². The molecule has 0 aliphatic heterocycles. The van der Waals surface area contributed by atoms with Gasteiger partial charge in [-0.3, -0.25) is 9.59 Å². The van der Waals surface area contributed by atoms with Crippen molar-refractivity contribution in [3.05, 3.63) is 0 Å². The summed E-state index contributed by atoms with van der Waals surface area (Å²) in [4.78, 5) is 24.8. The van der Waals surface area contributed by atoms with Crippen LogP contribution in [0.25, 0.3) is 0 Å². The molecule has 0 saturated heterocycles. The summed E-state index contributed by atoms with van der Waals surface area (Å²) in [5.74, 6) is -1.44. The molecule has 0 aromatic rings. The van der Waals surface area contributed by atoms with Crippen LogP contribution in [0.3, 0.4) is 0 Å². The van der Waals surface area contributed by atoms with Gasteiger partial charge in [-0.2, -0.15) is 0 Å². The third-order valence-corrected chi connectivity index (χ3v) is 3.20. The summed E-state index contributed by atoms with van der Waals surface area (Å²) in [6.45, 7) is 9.95. The summed E-state index contributed by atoms with van der Waals surface area (Å²) in [6.07, 6.45) is 1.39. The molecule has 0 spiro atoms. The Balaban J connectivity index is 4.98. The monoisotopic (exact) mass is 272 g/mol. The van der Waals surface area contributed by atoms with Crippen molar-refractivity contribution >= 4 is 11.9 Å². The summed E-state index contributed by atoms with van der Waals surface area (Å²) < 4.78 is 0. The zero-order valence-corrected chi connectivity index (χ0v) is 12.8. The van der Waals surface area contributed by atoms with Gasteiger partial charge in [0.15, 0.2) is 0 Å². The Morgan fingerprint density at radius 2 is 1.84 bits per heavy atom. The Morgan fingerprint density at radius 1 is 1.32 bits per heavy atom. The van der Waals surface area contributed by atoms with Crippen LogP contribution in [0.5, 0.6) is 0 Å². The Morgan fingerprint density at radius 3 is 2.16 bits per heavy atom. The molecule has 0 aliphatic rings. The maximum Gasteiger partial charge on any atom is 0.323 e. The van der Waals surface area contributed by atoms with Gasteiger partial charge in [0.05, 0.1) is 5.92 Å². The van der Waals surface area contributed by atoms with E-state index in [1.165, 1.54) is 4.90 Å². The lowest BCUT2D eigenvalue weighted by atomic mass is 9.84. The number of carbonyl (C=O) groups is 2. The zero-order valence-electron chi connectivity index (χ0n) is 12.8. The number of carboxylic acid groups (broad SMARTS) is 1. The number of hydrogen-bond acceptors (Lipinski definition) is 3. The molecule has 0 fully saturated rings. The van der Waals surface area contributed by atoms with Crippen molar-refractivity contribution in [1.82, 2.24) is 4.90 Å². The highest BCUT2D eigenvalue weighted by Gasteiger charge is 2.30. The van der Waals surface area contributed by atoms with Crippen molar-refractivity contribution in [2.75, 3.05) is 13.1 Å². The Kier molecular flexibility index (Phi) is 7.05. The van der Waals surface area contributed by atoms with E-state index in [0.717, 1.165) is 6.42 Å². The number of aliphatic carboxylic acids is 1. The van der Waals surface area contributed by atoms with E-state index in [1.807, 2.05) is 34.6 Å². The Labute approximate surface area is 116 Å². The zero-order chi connectivity index (χ0) is 15.2. The lowest BCUT2D eigenvalue weighted by molar-refractivity contribution is -0.148. The topological polar surface area (TPSA) is 83.6 Å². The lowest BCUT2D eigenvalue weighted by Crippen LogP contribution is -2.47. The molecule has 1 amide bonds. The van der Waals surface area contributed by atoms with Crippen molar-refractivity contribution in [3.63, 3.8) is 0 Å². The van der Waals surface area contributed by atoms with Crippen molar-refractivity contribution in [2.24, 2.45) is 17.1 Å². The van der Waals surface area contributed by atoms with Crippen LogP contribution in [0, 0.1) is 11.3 Å². The normalized spacial score (nSPS) is 14.8. The fourth-order valence-electron chi connectivity index (χ4n) is 2.06. The second-order valence-electron chi connectivity index (χ2n) is 6.31. The summed E-state index contributed by atoms with van der Waals surface area (Å²) >= 11 is 0. The minimum Gasteiger partial charge on any atom is -0.480 e. The van der Waals surface area contributed by atoms with Gasteiger partial charge >= 0.3 is 5.97 Å². The smallest absolute Gasteiger partial charge is 0.323 e. The fraction of sp³-hybridized carbons (Fsp3) is 0.857. The maximum absolute atomic E-state index is 12.5. The van der Waals surface area contributed by atoms with E-state index >= 15 is 0 Å². The molecule has 0 radical (unpaired) electrons. The molecule has 0 aromatic heterocycles. The number of nitrogens with zero attached hydrogens (tertiary/aromatic N) is 1. The first-order valence-corrected chi connectivity index (χ1v) is 6.84. The molecule has 5 nitrogen and oxygen atoms in total. The first-order valence-electron chi connectivity index (χ1n) is 6.84. The van der Waals surface area contributed by atoms with E-state index < -0.39 is 5.97 Å². The summed E-state index contributed by atoms with van der Waals surface area (Å²) in [5.41, 5.74) is 5.69. The third kappa shape index (κ3) is 6.57. The molecular weight excluding hydrogens is 244 g/mol. The van der Waals surface area contributed by atoms with E-state index in [1.54, 1.807) is 0 Å². The first-order chi connectivity index (χ1) is 8.62. The minimum atomic E-state index is -0.986. The van der Waals surface area contributed by atoms with Crippen LogP contribution < -0.4 is 5.73 Å². The van der Waals surface area contributed by atoms with E-state index in [2.05, 4.69) is 0 Å². The number of carboxylic acids is 1. The van der Waals surface area contributed by atoms with Crippen LogP contribution >= 0.6 is 0 Å². The van der Waals surface area contributed by atoms with Crippen LogP contribution in [0.15, 0.2) is 0 Å². The quantitative estimate of drug-likeness (QED) is 0.739. The highest BCUT2D eigenvalue weighted by molar-refractivity contribution is 5.83. The fourth-order valence-corrected chi connectivity index (χ4v) is 2.06. The average Bonchev–Trinajstić information content (AvgIpc) is 2.29. The number of carbonyl (C=O) groups excluding carboxylic acids is 1. The first kappa shape index (κ1) is 17.9. The van der Waals surface area contributed by atoms with Crippen molar-refractivity contribution < 1.29 is 14.7 Å². The Bertz CT molecular complexity index is 310. The molecular formula is C14H28N2O3. The molecule has 5 heteroatoms. The molecule has 0 rings (SSSR count). The van der Waals surface area contributed by atoms with E-state index in [0.29, 0.717) is 6.42 Å². The van der Waals surface area contributed by atoms with Crippen LogP contribution in [0.1, 0.15) is 47.5 Å². The van der Waals surface area contributed by atoms with Gasteiger partial charge in [-0.1, -0.05) is 27.7 Å². The largest absolute Gasteiger partial charge is 0.480 e. The van der Waals surface area contributed by atoms with Gasteiger partial charge in [0.2, 0.25) is 5.91 Å². The van der Waals surface area contributed by atoms with Gasteiger partial charge in [-0.25, -0.2) is 0 Å². The molecule has 112 valence electrons. The number of hydrogen-bond donors (Lipinski definition) is 2. The molecule has 0 heterocycles. The van der Waals surface area contributed by atoms with E-state index in [4.69, 9.17) is 10.8 Å². The van der Waals surface area contributed by atoms with Gasteiger partial charge in [0, 0.05) is 12.6 Å². The summed E-state index contributed by atoms with van der Waals surface area (Å²) in [7, 11) is 0. The van der Waals surface area contributed by atoms with Crippen LogP contribution in [0.4, 0.5) is 0 Å². The van der Waals surface area contributed by atoms with Gasteiger partial charge in [0.1, 0.15) is 6.54 Å². The molecule has 19 heavy (non-hydrogen) atoms. The summed E-state index contributed by atoms with van der Waals surface area (Å²) in [6, 6.07) is -0.0855. The standard InChI is InChI=1S/C14H28N2O3/c1-6-10(2)16(9-12(17)18)13(19)11(8-15)7-14(3,4)5/h10-11H,6-9,15H2,1-5H3,(H,17,18). The predicted molar refractivity (Wildman–Crippen MR) is 75.7 cm³/mol. The van der Waals surface area contributed by atoms with Gasteiger partial charge < -0.3 is 15.7 Å². The van der Waals surface area contributed by atoms with E-state index in [-0.39, 0.29) is 36.4 Å². The molecule has 0 aliphatic carbocycles. The number of nitrogens with two attached hydrogens (primary N) is 1. The highest BCUT2D eigenvalue weighted by atomic mass is 16.4. The molecule has 2 unspecified atom stereocenters. The molecule has 3 N–H and O–H groups in total. The second-order valence-corrected chi connectivity index (χ2v) is 6.31. The predicted octanol–water partition coefficient (Wildman–Crippen LogP) is 1.71. The van der Waals surface area contributed by atoms with E-state index in [9.17, 15) is 9.59 Å². The third-order valence-electron chi connectivity index (χ3n) is 3.20. The average molecular weight is 272 g/mol. The van der Waals surface area contributed by atoms with Crippen molar-refractivity contribution in [3.8, 4) is 0 Å². The summed E-state index contributed by atoms with van der Waals surface area (Å²) in [5, 5.41) is 8.94. The highest BCUT2D eigenvalue weighted by Crippen LogP contribution is 2.25. The van der Waals surface area contributed by atoms with Crippen LogP contribution in [0.2, 0.25) is 0 Å². The molecule has 2 atom stereocenters. The molecule has 0 bridgehead atoms. The van der Waals surface area contributed by atoms with Crippen LogP contribution in [-0.2, 0) is 9.59 Å². The minimum absolute atomic E-state index is 0.00988. The van der Waals surface area contributed by atoms with Gasteiger partial charge in [-0.05, 0) is 25.2 Å². The lowest BCUT2D eigenvalue weighted by Gasteiger charge is -2.32. The van der Waals surface area contributed by atoms with Crippen molar-refractivity contribution in [2.45, 2.75) is 53.5 Å². The second kappa shape index (κ2) is 7.48. The van der Waals surface area contributed by atoms with Gasteiger partial charge in [-0.15, -0.1) is 0 Å². The number of amides is 1. The molecule has 0 aromatic carbocycles.